The summed E-state index contributed by atoms with van der Waals surface area (Å²) in [5.74, 6) is 0. The number of alkyl halides is 3. The van der Waals surface area contributed by atoms with Crippen molar-refractivity contribution < 1.29 is 18.0 Å². The maximum Gasteiger partial charge on any atom is 0.410 e. The Morgan fingerprint density at radius 2 is 1.56 bits per heavy atom. The summed E-state index contributed by atoms with van der Waals surface area (Å²) in [5.41, 5.74) is 0.843. The van der Waals surface area contributed by atoms with E-state index in [4.69, 9.17) is 0 Å². The molecule has 1 nitrogen and oxygen atoms in total. The SMILES string of the molecule is CC(C)(C)c1ccc(/C(C=O)=C\C(F)(F)F)cc1. The maximum absolute atomic E-state index is 12.2. The average Bonchev–Trinajstić information content (AvgIpc) is 2.24. The van der Waals surface area contributed by atoms with Crippen molar-refractivity contribution in [3.63, 3.8) is 0 Å². The molecule has 1 aromatic carbocycles. The van der Waals surface area contributed by atoms with E-state index in [0.717, 1.165) is 5.56 Å². The largest absolute Gasteiger partial charge is 0.410 e. The summed E-state index contributed by atoms with van der Waals surface area (Å²) < 4.78 is 36.6. The van der Waals surface area contributed by atoms with Gasteiger partial charge in [0.2, 0.25) is 0 Å². The summed E-state index contributed by atoms with van der Waals surface area (Å²) in [6.07, 6.45) is -4.25. The van der Waals surface area contributed by atoms with E-state index in [-0.39, 0.29) is 28.9 Å². The Bertz CT molecular complexity index is 447. The van der Waals surface area contributed by atoms with Gasteiger partial charge < -0.3 is 0 Å². The third kappa shape index (κ3) is 4.02. The van der Waals surface area contributed by atoms with Crippen molar-refractivity contribution in [3.8, 4) is 0 Å². The quantitative estimate of drug-likeness (QED) is 0.574. The fourth-order valence-electron chi connectivity index (χ4n) is 1.52. The van der Waals surface area contributed by atoms with E-state index in [1.807, 2.05) is 20.8 Å². The van der Waals surface area contributed by atoms with Crippen molar-refractivity contribution in [2.45, 2.75) is 32.4 Å². The van der Waals surface area contributed by atoms with Gasteiger partial charge in [-0.05, 0) is 16.5 Å². The van der Waals surface area contributed by atoms with E-state index >= 15 is 0 Å². The highest BCUT2D eigenvalue weighted by atomic mass is 19.4. The molecule has 4 heteroatoms. The van der Waals surface area contributed by atoms with Crippen LogP contribution in [0, 0.1) is 0 Å². The number of carbonyl (C=O) groups is 1. The molecule has 0 aromatic heterocycles. The molecule has 1 rings (SSSR count). The van der Waals surface area contributed by atoms with Crippen LogP contribution in [-0.4, -0.2) is 12.5 Å². The summed E-state index contributed by atoms with van der Waals surface area (Å²) in [7, 11) is 0. The van der Waals surface area contributed by atoms with Gasteiger partial charge in [-0.2, -0.15) is 13.2 Å². The highest BCUT2D eigenvalue weighted by molar-refractivity contribution is 6.07. The lowest BCUT2D eigenvalue weighted by Gasteiger charge is -2.19. The lowest BCUT2D eigenvalue weighted by molar-refractivity contribution is -0.104. The van der Waals surface area contributed by atoms with Gasteiger partial charge in [0.05, 0.1) is 0 Å². The molecule has 0 saturated heterocycles. The minimum atomic E-state index is -4.49. The van der Waals surface area contributed by atoms with Crippen LogP contribution in [0.25, 0.3) is 5.57 Å². The molecule has 98 valence electrons. The van der Waals surface area contributed by atoms with Crippen molar-refractivity contribution in [1.29, 1.82) is 0 Å². The van der Waals surface area contributed by atoms with Crippen molar-refractivity contribution in [3.05, 3.63) is 41.5 Å². The highest BCUT2D eigenvalue weighted by Crippen LogP contribution is 2.26. The second kappa shape index (κ2) is 4.96. The molecule has 0 aliphatic carbocycles. The molecule has 0 spiro atoms. The van der Waals surface area contributed by atoms with Gasteiger partial charge in [0.15, 0.2) is 6.29 Å². The Labute approximate surface area is 104 Å². The van der Waals surface area contributed by atoms with Crippen LogP contribution in [0.3, 0.4) is 0 Å². The fourth-order valence-corrected chi connectivity index (χ4v) is 1.52. The molecule has 0 heterocycles. The Kier molecular flexibility index (Phi) is 3.99. The number of hydrogen-bond donors (Lipinski definition) is 0. The van der Waals surface area contributed by atoms with Crippen molar-refractivity contribution >= 4 is 11.9 Å². The molecule has 0 unspecified atom stereocenters. The summed E-state index contributed by atoms with van der Waals surface area (Å²) in [6, 6.07) is 6.55. The van der Waals surface area contributed by atoms with E-state index in [1.165, 1.54) is 12.1 Å². The second-order valence-corrected chi connectivity index (χ2v) is 5.09. The average molecular weight is 256 g/mol. The van der Waals surface area contributed by atoms with Gasteiger partial charge in [0.1, 0.15) is 0 Å². The van der Waals surface area contributed by atoms with Crippen LogP contribution in [0.2, 0.25) is 0 Å². The molecular formula is C14H15F3O. The molecule has 0 saturated carbocycles. The molecule has 0 N–H and O–H groups in total. The fraction of sp³-hybridized carbons (Fsp3) is 0.357. The van der Waals surface area contributed by atoms with Gasteiger partial charge in [-0.15, -0.1) is 0 Å². The normalized spacial score (nSPS) is 13.6. The van der Waals surface area contributed by atoms with E-state index in [1.54, 1.807) is 12.1 Å². The van der Waals surface area contributed by atoms with E-state index in [2.05, 4.69) is 0 Å². The molecule has 0 fully saturated rings. The van der Waals surface area contributed by atoms with E-state index < -0.39 is 6.18 Å². The number of benzene rings is 1. The van der Waals surface area contributed by atoms with Crippen LogP contribution < -0.4 is 0 Å². The number of halogens is 3. The summed E-state index contributed by atoms with van der Waals surface area (Å²) >= 11 is 0. The molecule has 0 bridgehead atoms. The maximum atomic E-state index is 12.2. The predicted molar refractivity (Wildman–Crippen MR) is 65.2 cm³/mol. The molecule has 0 aliphatic heterocycles. The van der Waals surface area contributed by atoms with Gasteiger partial charge in [0.25, 0.3) is 0 Å². The minimum Gasteiger partial charge on any atom is -0.298 e. The Morgan fingerprint density at radius 1 is 1.06 bits per heavy atom. The first-order valence-corrected chi connectivity index (χ1v) is 5.49. The number of allylic oxidation sites excluding steroid dienone is 2. The Morgan fingerprint density at radius 3 is 1.89 bits per heavy atom. The topological polar surface area (TPSA) is 17.1 Å². The lowest BCUT2D eigenvalue weighted by Crippen LogP contribution is -2.10. The van der Waals surface area contributed by atoms with Crippen LogP contribution >= 0.6 is 0 Å². The third-order valence-electron chi connectivity index (χ3n) is 2.53. The lowest BCUT2D eigenvalue weighted by atomic mass is 9.86. The first-order chi connectivity index (χ1) is 8.13. The highest BCUT2D eigenvalue weighted by Gasteiger charge is 2.25. The summed E-state index contributed by atoms with van der Waals surface area (Å²) in [6.45, 7) is 6.02. The minimum absolute atomic E-state index is 0.0199. The third-order valence-corrected chi connectivity index (χ3v) is 2.53. The van der Waals surface area contributed by atoms with Gasteiger partial charge in [0, 0.05) is 11.6 Å². The number of aldehydes is 1. The van der Waals surface area contributed by atoms with Crippen LogP contribution in [0.5, 0.6) is 0 Å². The zero-order valence-corrected chi connectivity index (χ0v) is 10.5. The first kappa shape index (κ1) is 14.5. The summed E-state index contributed by atoms with van der Waals surface area (Å²) in [5, 5.41) is 0. The zero-order chi connectivity index (χ0) is 14.0. The number of rotatable bonds is 2. The number of carbonyl (C=O) groups excluding carboxylic acids is 1. The number of hydrogen-bond acceptors (Lipinski definition) is 1. The van der Waals surface area contributed by atoms with Gasteiger partial charge >= 0.3 is 6.18 Å². The van der Waals surface area contributed by atoms with E-state index in [0.29, 0.717) is 0 Å². The molecule has 0 atom stereocenters. The van der Waals surface area contributed by atoms with Gasteiger partial charge in [-0.1, -0.05) is 45.0 Å². The predicted octanol–water partition coefficient (Wildman–Crippen LogP) is 4.13. The van der Waals surface area contributed by atoms with Crippen molar-refractivity contribution in [2.75, 3.05) is 0 Å². The molecule has 0 radical (unpaired) electrons. The first-order valence-electron chi connectivity index (χ1n) is 5.49. The molecule has 1 aromatic rings. The molecule has 0 aliphatic rings. The van der Waals surface area contributed by atoms with Crippen LogP contribution in [0.15, 0.2) is 30.3 Å². The Balaban J connectivity index is 3.11. The molecule has 0 amide bonds. The van der Waals surface area contributed by atoms with E-state index in [9.17, 15) is 18.0 Å². The Hall–Kier alpha value is -1.58. The van der Waals surface area contributed by atoms with Crippen LogP contribution in [0.4, 0.5) is 13.2 Å². The van der Waals surface area contributed by atoms with Gasteiger partial charge in [-0.25, -0.2) is 0 Å². The van der Waals surface area contributed by atoms with Gasteiger partial charge in [-0.3, -0.25) is 4.79 Å². The van der Waals surface area contributed by atoms with Crippen molar-refractivity contribution in [2.24, 2.45) is 0 Å². The monoisotopic (exact) mass is 256 g/mol. The smallest absolute Gasteiger partial charge is 0.298 e. The van der Waals surface area contributed by atoms with Crippen LogP contribution in [-0.2, 0) is 10.2 Å². The van der Waals surface area contributed by atoms with Crippen molar-refractivity contribution in [1.82, 2.24) is 0 Å². The van der Waals surface area contributed by atoms with Crippen LogP contribution in [0.1, 0.15) is 31.9 Å². The summed E-state index contributed by atoms with van der Waals surface area (Å²) in [4.78, 5) is 10.7. The zero-order valence-electron chi connectivity index (χ0n) is 10.5. The molecule has 18 heavy (non-hydrogen) atoms. The molecular weight excluding hydrogens is 241 g/mol. The standard InChI is InChI=1S/C14H15F3O/c1-13(2,3)12-6-4-10(5-7-12)11(9-18)8-14(15,16)17/h4-9H,1-3H3/b11-8-. The second-order valence-electron chi connectivity index (χ2n) is 5.09.